The van der Waals surface area contributed by atoms with Crippen LogP contribution in [0.5, 0.6) is 0 Å². The summed E-state index contributed by atoms with van der Waals surface area (Å²) in [5, 5.41) is 12.2. The standard InChI is InChI=1S/C20H26N4O2/c1-2-21-20-22-12-17(13-23-20)14-24-8-6-15(7-9-24)10-16-4-3-5-18(11-16)19(25)26/h3-5,11-13,15H,2,6-10,14H2,1H3,(H,25,26)(H,21,22,23). The summed E-state index contributed by atoms with van der Waals surface area (Å²) >= 11 is 0. The van der Waals surface area contributed by atoms with Crippen molar-refractivity contribution in [3.05, 3.63) is 53.3 Å². The van der Waals surface area contributed by atoms with Crippen LogP contribution in [0.2, 0.25) is 0 Å². The predicted molar refractivity (Wildman–Crippen MR) is 101 cm³/mol. The number of aromatic carboxylic acids is 1. The highest BCUT2D eigenvalue weighted by Gasteiger charge is 2.20. The lowest BCUT2D eigenvalue weighted by Crippen LogP contribution is -2.34. The van der Waals surface area contributed by atoms with E-state index in [2.05, 4.69) is 20.2 Å². The molecule has 1 fully saturated rings. The van der Waals surface area contributed by atoms with Gasteiger partial charge in [0.05, 0.1) is 5.56 Å². The molecule has 1 aliphatic heterocycles. The zero-order valence-electron chi connectivity index (χ0n) is 15.2. The van der Waals surface area contributed by atoms with Crippen LogP contribution in [0.1, 0.15) is 41.3 Å². The van der Waals surface area contributed by atoms with Crippen LogP contribution in [0, 0.1) is 5.92 Å². The van der Waals surface area contributed by atoms with Crippen LogP contribution in [0.3, 0.4) is 0 Å². The highest BCUT2D eigenvalue weighted by Crippen LogP contribution is 2.23. The molecule has 26 heavy (non-hydrogen) atoms. The molecule has 6 heteroatoms. The van der Waals surface area contributed by atoms with Crippen LogP contribution in [0.4, 0.5) is 5.95 Å². The fourth-order valence-corrected chi connectivity index (χ4v) is 3.46. The molecule has 0 radical (unpaired) electrons. The van der Waals surface area contributed by atoms with Crippen molar-refractivity contribution < 1.29 is 9.90 Å². The maximum absolute atomic E-state index is 11.1. The lowest BCUT2D eigenvalue weighted by Gasteiger charge is -2.32. The Bertz CT molecular complexity index is 725. The van der Waals surface area contributed by atoms with Crippen molar-refractivity contribution >= 4 is 11.9 Å². The number of aromatic nitrogens is 2. The molecule has 2 N–H and O–H groups in total. The summed E-state index contributed by atoms with van der Waals surface area (Å²) in [5.74, 6) is 0.435. The Kier molecular flexibility index (Phi) is 6.17. The monoisotopic (exact) mass is 354 g/mol. The van der Waals surface area contributed by atoms with Gasteiger partial charge in [-0.25, -0.2) is 14.8 Å². The van der Waals surface area contributed by atoms with Gasteiger partial charge in [-0.2, -0.15) is 0 Å². The molecular weight excluding hydrogens is 328 g/mol. The minimum absolute atomic E-state index is 0.376. The lowest BCUT2D eigenvalue weighted by atomic mass is 9.89. The first kappa shape index (κ1) is 18.3. The first-order valence-electron chi connectivity index (χ1n) is 9.23. The van der Waals surface area contributed by atoms with E-state index >= 15 is 0 Å². The number of carbonyl (C=O) groups is 1. The molecule has 2 aromatic rings. The molecule has 1 aromatic carbocycles. The van der Waals surface area contributed by atoms with Crippen molar-refractivity contribution in [2.75, 3.05) is 25.0 Å². The topological polar surface area (TPSA) is 78.4 Å². The second-order valence-electron chi connectivity index (χ2n) is 6.87. The van der Waals surface area contributed by atoms with Crippen molar-refractivity contribution in [3.8, 4) is 0 Å². The molecule has 3 rings (SSSR count). The molecule has 1 aliphatic rings. The summed E-state index contributed by atoms with van der Waals surface area (Å²) in [4.78, 5) is 22.2. The molecule has 0 bridgehead atoms. The number of hydrogen-bond donors (Lipinski definition) is 2. The fraction of sp³-hybridized carbons (Fsp3) is 0.450. The van der Waals surface area contributed by atoms with E-state index in [0.29, 0.717) is 17.4 Å². The molecule has 0 spiro atoms. The second-order valence-corrected chi connectivity index (χ2v) is 6.87. The summed E-state index contributed by atoms with van der Waals surface area (Å²) in [7, 11) is 0. The van der Waals surface area contributed by atoms with Gasteiger partial charge in [0.1, 0.15) is 0 Å². The number of likely N-dealkylation sites (tertiary alicyclic amines) is 1. The molecule has 0 saturated carbocycles. The van der Waals surface area contributed by atoms with Crippen LogP contribution in [-0.2, 0) is 13.0 Å². The summed E-state index contributed by atoms with van der Waals surface area (Å²) in [6, 6.07) is 7.32. The van der Waals surface area contributed by atoms with E-state index in [-0.39, 0.29) is 0 Å². The number of hydrogen-bond acceptors (Lipinski definition) is 5. The predicted octanol–water partition coefficient (Wildman–Crippen LogP) is 3.06. The van der Waals surface area contributed by atoms with Crippen molar-refractivity contribution in [2.45, 2.75) is 32.7 Å². The van der Waals surface area contributed by atoms with E-state index < -0.39 is 5.97 Å². The van der Waals surface area contributed by atoms with Crippen LogP contribution in [0.15, 0.2) is 36.7 Å². The van der Waals surface area contributed by atoms with Gasteiger partial charge in [0.25, 0.3) is 0 Å². The van der Waals surface area contributed by atoms with Gasteiger partial charge in [0.2, 0.25) is 5.95 Å². The summed E-state index contributed by atoms with van der Waals surface area (Å²) in [6.45, 7) is 5.84. The van der Waals surface area contributed by atoms with Gasteiger partial charge in [-0.05, 0) is 62.9 Å². The number of carboxylic acid groups (broad SMARTS) is 1. The van der Waals surface area contributed by atoms with Crippen molar-refractivity contribution in [2.24, 2.45) is 5.92 Å². The van der Waals surface area contributed by atoms with Gasteiger partial charge in [0.15, 0.2) is 0 Å². The van der Waals surface area contributed by atoms with Crippen molar-refractivity contribution in [3.63, 3.8) is 0 Å². The molecule has 0 aliphatic carbocycles. The Labute approximate surface area is 154 Å². The Hall–Kier alpha value is -2.47. The van der Waals surface area contributed by atoms with E-state index in [1.165, 1.54) is 0 Å². The van der Waals surface area contributed by atoms with Crippen molar-refractivity contribution in [1.82, 2.24) is 14.9 Å². The number of nitrogens with zero attached hydrogens (tertiary/aromatic N) is 3. The van der Waals surface area contributed by atoms with Gasteiger partial charge in [-0.1, -0.05) is 12.1 Å². The minimum atomic E-state index is -0.857. The molecule has 6 nitrogen and oxygen atoms in total. The third kappa shape index (κ3) is 5.02. The van der Waals surface area contributed by atoms with Crippen LogP contribution < -0.4 is 5.32 Å². The number of benzene rings is 1. The summed E-state index contributed by atoms with van der Waals surface area (Å²) < 4.78 is 0. The van der Waals surface area contributed by atoms with Gasteiger partial charge in [0, 0.05) is 31.0 Å². The van der Waals surface area contributed by atoms with Gasteiger partial charge in [-0.15, -0.1) is 0 Å². The van der Waals surface area contributed by atoms with Gasteiger partial charge >= 0.3 is 5.97 Å². The smallest absolute Gasteiger partial charge is 0.335 e. The lowest BCUT2D eigenvalue weighted by molar-refractivity contribution is 0.0696. The molecule has 0 unspecified atom stereocenters. The average Bonchev–Trinajstić information content (AvgIpc) is 2.65. The van der Waals surface area contributed by atoms with E-state index in [0.717, 1.165) is 56.6 Å². The Morgan fingerprint density at radius 1 is 1.23 bits per heavy atom. The van der Waals surface area contributed by atoms with Crippen LogP contribution in [0.25, 0.3) is 0 Å². The van der Waals surface area contributed by atoms with E-state index in [9.17, 15) is 4.79 Å². The van der Waals surface area contributed by atoms with Gasteiger partial charge in [-0.3, -0.25) is 4.90 Å². The quantitative estimate of drug-likeness (QED) is 0.796. The van der Waals surface area contributed by atoms with E-state index in [4.69, 9.17) is 5.11 Å². The van der Waals surface area contributed by atoms with Gasteiger partial charge < -0.3 is 10.4 Å². The number of nitrogens with one attached hydrogen (secondary N) is 1. The number of anilines is 1. The third-order valence-corrected chi connectivity index (χ3v) is 4.85. The third-order valence-electron chi connectivity index (χ3n) is 4.85. The van der Waals surface area contributed by atoms with Crippen molar-refractivity contribution in [1.29, 1.82) is 0 Å². The maximum Gasteiger partial charge on any atom is 0.335 e. The highest BCUT2D eigenvalue weighted by molar-refractivity contribution is 5.87. The fourth-order valence-electron chi connectivity index (χ4n) is 3.46. The maximum atomic E-state index is 11.1. The number of piperidine rings is 1. The summed E-state index contributed by atoms with van der Waals surface area (Å²) in [5.41, 5.74) is 2.64. The molecule has 138 valence electrons. The average molecular weight is 354 g/mol. The molecular formula is C20H26N4O2. The summed E-state index contributed by atoms with van der Waals surface area (Å²) in [6.07, 6.45) is 7.01. The zero-order chi connectivity index (χ0) is 18.4. The molecule has 1 saturated heterocycles. The first-order chi connectivity index (χ1) is 12.6. The molecule has 1 aromatic heterocycles. The Balaban J connectivity index is 1.48. The molecule has 0 amide bonds. The van der Waals surface area contributed by atoms with E-state index in [1.54, 1.807) is 12.1 Å². The molecule has 0 atom stereocenters. The zero-order valence-corrected chi connectivity index (χ0v) is 15.2. The normalized spacial score (nSPS) is 15.7. The SMILES string of the molecule is CCNc1ncc(CN2CCC(Cc3cccc(C(=O)O)c3)CC2)cn1. The van der Waals surface area contributed by atoms with Crippen LogP contribution >= 0.6 is 0 Å². The van der Waals surface area contributed by atoms with E-state index in [1.807, 2.05) is 31.5 Å². The second kappa shape index (κ2) is 8.76. The number of rotatable bonds is 7. The highest BCUT2D eigenvalue weighted by atomic mass is 16.4. The Morgan fingerprint density at radius 2 is 1.96 bits per heavy atom. The minimum Gasteiger partial charge on any atom is -0.478 e. The van der Waals surface area contributed by atoms with Crippen LogP contribution in [-0.4, -0.2) is 45.6 Å². The Morgan fingerprint density at radius 3 is 2.62 bits per heavy atom. The first-order valence-corrected chi connectivity index (χ1v) is 9.23. The molecule has 2 heterocycles. The largest absolute Gasteiger partial charge is 0.478 e. The number of carboxylic acids is 1.